The monoisotopic (exact) mass is 497 g/mol. The van der Waals surface area contributed by atoms with E-state index in [4.69, 9.17) is 0 Å². The predicted octanol–water partition coefficient (Wildman–Crippen LogP) is 3.01. The van der Waals surface area contributed by atoms with Crippen LogP contribution in [0.15, 0.2) is 53.4 Å². The summed E-state index contributed by atoms with van der Waals surface area (Å²) < 4.78 is 26.5. The molecular formula is C26H31N3O5S. The van der Waals surface area contributed by atoms with Gasteiger partial charge in [0.05, 0.1) is 5.56 Å². The molecule has 35 heavy (non-hydrogen) atoms. The lowest BCUT2D eigenvalue weighted by Crippen LogP contribution is -2.50. The first-order valence-corrected chi connectivity index (χ1v) is 13.4. The van der Waals surface area contributed by atoms with Crippen molar-refractivity contribution in [2.75, 3.05) is 6.54 Å². The van der Waals surface area contributed by atoms with Crippen LogP contribution in [0.3, 0.4) is 0 Å². The molecule has 0 bridgehead atoms. The number of nitrogens with zero attached hydrogens (tertiary/aromatic N) is 2. The van der Waals surface area contributed by atoms with E-state index in [-0.39, 0.29) is 47.8 Å². The van der Waals surface area contributed by atoms with Gasteiger partial charge in [0.2, 0.25) is 11.8 Å². The van der Waals surface area contributed by atoms with Gasteiger partial charge < -0.3 is 10.2 Å². The summed E-state index contributed by atoms with van der Waals surface area (Å²) in [6.45, 7) is 3.56. The zero-order valence-electron chi connectivity index (χ0n) is 20.1. The van der Waals surface area contributed by atoms with Crippen molar-refractivity contribution in [3.63, 3.8) is 0 Å². The van der Waals surface area contributed by atoms with Crippen LogP contribution in [0, 0.1) is 6.92 Å². The Morgan fingerprint density at radius 2 is 1.74 bits per heavy atom. The fraction of sp³-hybridized carbons (Fsp3) is 0.423. The van der Waals surface area contributed by atoms with E-state index in [1.54, 1.807) is 19.1 Å². The summed E-state index contributed by atoms with van der Waals surface area (Å²) in [6.07, 6.45) is 3.79. The highest BCUT2D eigenvalue weighted by molar-refractivity contribution is 7.90. The van der Waals surface area contributed by atoms with E-state index in [1.165, 1.54) is 17.0 Å². The fourth-order valence-electron chi connectivity index (χ4n) is 4.74. The normalized spacial score (nSPS) is 17.8. The lowest BCUT2D eigenvalue weighted by molar-refractivity contribution is -0.141. The average Bonchev–Trinajstić information content (AvgIpc) is 3.41. The third-order valence-corrected chi connectivity index (χ3v) is 8.75. The zero-order chi connectivity index (χ0) is 25.2. The van der Waals surface area contributed by atoms with Crippen molar-refractivity contribution in [2.45, 2.75) is 69.5 Å². The molecule has 1 heterocycles. The summed E-state index contributed by atoms with van der Waals surface area (Å²) in [4.78, 5) is 40.6. The SMILES string of the molecule is Cc1ccccc1CN(C(=O)CCN1C(=O)c2ccccc2S1(=O)=O)[C@@H](C)C(=O)NC1CCCC1. The van der Waals surface area contributed by atoms with E-state index >= 15 is 0 Å². The van der Waals surface area contributed by atoms with Gasteiger partial charge in [-0.05, 0) is 49.9 Å². The Kier molecular flexibility index (Phi) is 7.25. The Bertz CT molecular complexity index is 1240. The number of carbonyl (C=O) groups excluding carboxylic acids is 3. The van der Waals surface area contributed by atoms with Gasteiger partial charge in [-0.25, -0.2) is 12.7 Å². The van der Waals surface area contributed by atoms with E-state index in [2.05, 4.69) is 5.32 Å². The number of hydrogen-bond acceptors (Lipinski definition) is 5. The molecule has 3 amide bonds. The van der Waals surface area contributed by atoms with Crippen molar-refractivity contribution < 1.29 is 22.8 Å². The largest absolute Gasteiger partial charge is 0.352 e. The van der Waals surface area contributed by atoms with Gasteiger partial charge in [0.1, 0.15) is 10.9 Å². The van der Waals surface area contributed by atoms with E-state index in [9.17, 15) is 22.8 Å². The Balaban J connectivity index is 1.51. The van der Waals surface area contributed by atoms with Crippen molar-refractivity contribution in [1.29, 1.82) is 0 Å². The summed E-state index contributed by atoms with van der Waals surface area (Å²) in [5, 5.41) is 3.05. The van der Waals surface area contributed by atoms with Crippen molar-refractivity contribution in [3.05, 3.63) is 65.2 Å². The molecule has 2 aromatic carbocycles. The molecule has 0 saturated heterocycles. The molecule has 9 heteroatoms. The van der Waals surface area contributed by atoms with Crippen LogP contribution in [0.4, 0.5) is 0 Å². The van der Waals surface area contributed by atoms with Crippen LogP contribution in [0.25, 0.3) is 0 Å². The van der Waals surface area contributed by atoms with Gasteiger partial charge in [-0.2, -0.15) is 0 Å². The van der Waals surface area contributed by atoms with Gasteiger partial charge in [-0.3, -0.25) is 14.4 Å². The summed E-state index contributed by atoms with van der Waals surface area (Å²) in [7, 11) is -4.00. The van der Waals surface area contributed by atoms with Crippen LogP contribution in [0.5, 0.6) is 0 Å². The second kappa shape index (κ2) is 10.2. The van der Waals surface area contributed by atoms with E-state index < -0.39 is 22.0 Å². The van der Waals surface area contributed by atoms with Crippen LogP contribution < -0.4 is 5.32 Å². The van der Waals surface area contributed by atoms with Gasteiger partial charge in [-0.15, -0.1) is 0 Å². The molecule has 186 valence electrons. The van der Waals surface area contributed by atoms with Crippen LogP contribution in [0.2, 0.25) is 0 Å². The molecular weight excluding hydrogens is 466 g/mol. The third-order valence-electron chi connectivity index (χ3n) is 6.91. The number of sulfonamides is 1. The molecule has 1 aliphatic carbocycles. The third kappa shape index (κ3) is 5.10. The summed E-state index contributed by atoms with van der Waals surface area (Å²) in [5.41, 5.74) is 2.00. The molecule has 0 spiro atoms. The number of carbonyl (C=O) groups is 3. The summed E-state index contributed by atoms with van der Waals surface area (Å²) in [6, 6.07) is 13.0. The first-order valence-electron chi connectivity index (χ1n) is 12.0. The number of aryl methyl sites for hydroxylation is 1. The molecule has 2 aliphatic rings. The van der Waals surface area contributed by atoms with Gasteiger partial charge in [0, 0.05) is 25.6 Å². The van der Waals surface area contributed by atoms with Gasteiger partial charge >= 0.3 is 0 Å². The lowest BCUT2D eigenvalue weighted by atomic mass is 10.1. The molecule has 0 radical (unpaired) electrons. The first-order chi connectivity index (χ1) is 16.7. The van der Waals surface area contributed by atoms with Gasteiger partial charge in [-0.1, -0.05) is 49.2 Å². The molecule has 1 atom stereocenters. The van der Waals surface area contributed by atoms with Gasteiger partial charge in [0.25, 0.3) is 15.9 Å². The Morgan fingerprint density at radius 3 is 2.43 bits per heavy atom. The number of benzene rings is 2. The molecule has 4 rings (SSSR count). The molecule has 8 nitrogen and oxygen atoms in total. The summed E-state index contributed by atoms with van der Waals surface area (Å²) >= 11 is 0. The predicted molar refractivity (Wildman–Crippen MR) is 131 cm³/mol. The highest BCUT2D eigenvalue weighted by atomic mass is 32.2. The molecule has 0 aromatic heterocycles. The van der Waals surface area contributed by atoms with Crippen molar-refractivity contribution in [1.82, 2.24) is 14.5 Å². The molecule has 2 aromatic rings. The van der Waals surface area contributed by atoms with Crippen LogP contribution in [0.1, 0.15) is 60.5 Å². The van der Waals surface area contributed by atoms with Crippen LogP contribution in [-0.2, 0) is 26.2 Å². The maximum atomic E-state index is 13.4. The maximum Gasteiger partial charge on any atom is 0.269 e. The van der Waals surface area contributed by atoms with Gasteiger partial charge in [0.15, 0.2) is 0 Å². The molecule has 1 aliphatic heterocycles. The number of rotatable bonds is 8. The van der Waals surface area contributed by atoms with Crippen molar-refractivity contribution in [3.8, 4) is 0 Å². The second-order valence-corrected chi connectivity index (χ2v) is 11.1. The second-order valence-electron chi connectivity index (χ2n) is 9.24. The molecule has 0 unspecified atom stereocenters. The lowest BCUT2D eigenvalue weighted by Gasteiger charge is -2.30. The minimum Gasteiger partial charge on any atom is -0.352 e. The molecule has 1 N–H and O–H groups in total. The fourth-order valence-corrected chi connectivity index (χ4v) is 6.31. The quantitative estimate of drug-likeness (QED) is 0.604. The minimum absolute atomic E-state index is 0.0430. The number of fused-ring (bicyclic) bond motifs is 1. The Labute approximate surface area is 206 Å². The average molecular weight is 498 g/mol. The molecule has 1 fully saturated rings. The number of nitrogens with one attached hydrogen (secondary N) is 1. The van der Waals surface area contributed by atoms with E-state index in [0.29, 0.717) is 0 Å². The summed E-state index contributed by atoms with van der Waals surface area (Å²) in [5.74, 6) is -1.25. The van der Waals surface area contributed by atoms with Crippen molar-refractivity contribution in [2.24, 2.45) is 0 Å². The highest BCUT2D eigenvalue weighted by Gasteiger charge is 2.41. The van der Waals surface area contributed by atoms with E-state index in [1.807, 2.05) is 31.2 Å². The topological polar surface area (TPSA) is 104 Å². The smallest absolute Gasteiger partial charge is 0.269 e. The highest BCUT2D eigenvalue weighted by Crippen LogP contribution is 2.30. The van der Waals surface area contributed by atoms with Crippen LogP contribution >= 0.6 is 0 Å². The first kappa shape index (κ1) is 24.9. The number of amides is 3. The number of hydrogen-bond donors (Lipinski definition) is 1. The van der Waals surface area contributed by atoms with Crippen molar-refractivity contribution >= 4 is 27.7 Å². The zero-order valence-corrected chi connectivity index (χ0v) is 20.9. The Morgan fingerprint density at radius 1 is 1.09 bits per heavy atom. The maximum absolute atomic E-state index is 13.4. The standard InChI is InChI=1S/C26H31N3O5S/c1-18-9-3-4-10-20(18)17-28(19(2)25(31)27-21-11-5-6-12-21)24(30)15-16-29-26(32)22-13-7-8-14-23(22)35(29,33)34/h3-4,7-10,13-14,19,21H,5-6,11-12,15-17H2,1-2H3,(H,27,31)/t19-/m0/s1. The van der Waals surface area contributed by atoms with Crippen LogP contribution in [-0.4, -0.2) is 54.0 Å². The Hall–Kier alpha value is -3.20. The minimum atomic E-state index is -4.00. The molecule has 1 saturated carbocycles. The van der Waals surface area contributed by atoms with E-state index in [0.717, 1.165) is 41.1 Å².